The van der Waals surface area contributed by atoms with Crippen molar-refractivity contribution >= 4 is 50.7 Å². The van der Waals surface area contributed by atoms with Gasteiger partial charge in [0.15, 0.2) is 3.79 Å². The van der Waals surface area contributed by atoms with Crippen LogP contribution in [0.5, 0.6) is 0 Å². The number of aliphatic hydroxyl groups is 1. The van der Waals surface area contributed by atoms with Gasteiger partial charge in [-0.3, -0.25) is 0 Å². The van der Waals surface area contributed by atoms with E-state index in [4.69, 9.17) is 34.8 Å². The topological polar surface area (TPSA) is 20.2 Å². The fourth-order valence-electron chi connectivity index (χ4n) is 2.17. The van der Waals surface area contributed by atoms with Crippen molar-refractivity contribution < 1.29 is 5.11 Å². The molecule has 0 heterocycles. The van der Waals surface area contributed by atoms with E-state index in [9.17, 15) is 5.11 Å². The van der Waals surface area contributed by atoms with Gasteiger partial charge in [-0.2, -0.15) is 0 Å². The SMILES string of the molecule is CC(C)c1cc(C(C)C)cc(C(O)(CBr)CC(Cl)(Cl)Cl)c1. The summed E-state index contributed by atoms with van der Waals surface area (Å²) in [6.07, 6.45) is 0.0367. The van der Waals surface area contributed by atoms with Gasteiger partial charge < -0.3 is 5.11 Å². The van der Waals surface area contributed by atoms with E-state index in [-0.39, 0.29) is 6.42 Å². The van der Waals surface area contributed by atoms with E-state index in [0.717, 1.165) is 5.56 Å². The lowest BCUT2D eigenvalue weighted by atomic mass is 9.86. The predicted octanol–water partition coefficient (Wildman–Crippen LogP) is 6.28. The van der Waals surface area contributed by atoms with Crippen LogP contribution in [0.1, 0.15) is 62.6 Å². The fraction of sp³-hybridized carbons (Fsp3) is 0.625. The Kier molecular flexibility index (Phi) is 6.90. The van der Waals surface area contributed by atoms with Gasteiger partial charge in [0.1, 0.15) is 5.60 Å². The van der Waals surface area contributed by atoms with E-state index in [2.05, 4.69) is 49.7 Å². The first-order valence-corrected chi connectivity index (χ1v) is 9.24. The molecule has 0 radical (unpaired) electrons. The highest BCUT2D eigenvalue weighted by molar-refractivity contribution is 9.09. The van der Waals surface area contributed by atoms with Crippen LogP contribution in [0.15, 0.2) is 18.2 Å². The molecule has 0 saturated heterocycles. The van der Waals surface area contributed by atoms with Crippen molar-refractivity contribution in [3.05, 3.63) is 34.9 Å². The summed E-state index contributed by atoms with van der Waals surface area (Å²) in [5.74, 6) is 0.740. The van der Waals surface area contributed by atoms with E-state index in [0.29, 0.717) is 17.2 Å². The zero-order valence-corrected chi connectivity index (χ0v) is 16.6. The van der Waals surface area contributed by atoms with Crippen LogP contribution in [0.4, 0.5) is 0 Å². The summed E-state index contributed by atoms with van der Waals surface area (Å²) in [7, 11) is 0. The van der Waals surface area contributed by atoms with Crippen LogP contribution in [-0.4, -0.2) is 14.2 Å². The molecule has 21 heavy (non-hydrogen) atoms. The summed E-state index contributed by atoms with van der Waals surface area (Å²) < 4.78 is -1.51. The zero-order valence-electron chi connectivity index (χ0n) is 12.8. The third-order valence-electron chi connectivity index (χ3n) is 3.56. The van der Waals surface area contributed by atoms with Gasteiger partial charge in [-0.25, -0.2) is 0 Å². The van der Waals surface area contributed by atoms with Crippen molar-refractivity contribution in [3.63, 3.8) is 0 Å². The van der Waals surface area contributed by atoms with Gasteiger partial charge >= 0.3 is 0 Å². The van der Waals surface area contributed by atoms with Crippen molar-refractivity contribution in [3.8, 4) is 0 Å². The molecule has 120 valence electrons. The minimum atomic E-state index is -1.51. The maximum Gasteiger partial charge on any atom is 0.193 e. The monoisotopic (exact) mass is 414 g/mol. The number of alkyl halides is 4. The van der Waals surface area contributed by atoms with Gasteiger partial charge in [0.2, 0.25) is 0 Å². The van der Waals surface area contributed by atoms with Crippen LogP contribution in [0.2, 0.25) is 0 Å². The van der Waals surface area contributed by atoms with Crippen LogP contribution in [0, 0.1) is 0 Å². The average Bonchev–Trinajstić information content (AvgIpc) is 2.35. The molecule has 1 unspecified atom stereocenters. The molecule has 0 spiro atoms. The molecular weight excluding hydrogens is 394 g/mol. The van der Waals surface area contributed by atoms with Crippen LogP contribution in [-0.2, 0) is 5.60 Å². The quantitative estimate of drug-likeness (QED) is 0.560. The van der Waals surface area contributed by atoms with E-state index < -0.39 is 9.39 Å². The standard InChI is InChI=1S/C16H22BrCl3O/c1-10(2)12-5-13(11(3)4)7-14(6-12)15(21,9-17)8-16(18,19)20/h5-7,10-11,21H,8-9H2,1-4H3. The van der Waals surface area contributed by atoms with E-state index in [1.165, 1.54) is 11.1 Å². The number of hydrogen-bond acceptors (Lipinski definition) is 1. The van der Waals surface area contributed by atoms with Crippen molar-refractivity contribution in [2.45, 2.75) is 55.3 Å². The summed E-state index contributed by atoms with van der Waals surface area (Å²) in [6.45, 7) is 8.52. The number of halogens is 4. The van der Waals surface area contributed by atoms with Gasteiger partial charge in [0, 0.05) is 11.8 Å². The Hall–Kier alpha value is 0.530. The van der Waals surface area contributed by atoms with Crippen LogP contribution in [0.3, 0.4) is 0 Å². The Morgan fingerprint density at radius 1 is 1.00 bits per heavy atom. The van der Waals surface area contributed by atoms with Gasteiger partial charge in [-0.1, -0.05) is 96.6 Å². The summed E-state index contributed by atoms with van der Waals surface area (Å²) in [5.41, 5.74) is 1.94. The van der Waals surface area contributed by atoms with E-state index >= 15 is 0 Å². The first kappa shape index (κ1) is 19.6. The van der Waals surface area contributed by atoms with Crippen LogP contribution in [0.25, 0.3) is 0 Å². The molecule has 1 aromatic carbocycles. The molecule has 0 fully saturated rings. The normalized spacial score (nSPS) is 15.6. The maximum atomic E-state index is 10.9. The summed E-state index contributed by atoms with van der Waals surface area (Å²) in [6, 6.07) is 6.20. The molecule has 0 aliphatic heterocycles. The molecule has 0 amide bonds. The highest BCUT2D eigenvalue weighted by Gasteiger charge is 2.38. The Bertz CT molecular complexity index is 457. The largest absolute Gasteiger partial charge is 0.384 e. The lowest BCUT2D eigenvalue weighted by Gasteiger charge is -2.31. The smallest absolute Gasteiger partial charge is 0.193 e. The highest BCUT2D eigenvalue weighted by atomic mass is 79.9. The first-order chi connectivity index (χ1) is 9.48. The minimum Gasteiger partial charge on any atom is -0.384 e. The molecule has 5 heteroatoms. The Morgan fingerprint density at radius 2 is 1.43 bits per heavy atom. The second-order valence-electron chi connectivity index (χ2n) is 6.15. The molecule has 0 aliphatic carbocycles. The predicted molar refractivity (Wildman–Crippen MR) is 97.2 cm³/mol. The van der Waals surface area contributed by atoms with Crippen molar-refractivity contribution in [2.75, 3.05) is 5.33 Å². The van der Waals surface area contributed by atoms with Gasteiger partial charge in [-0.05, 0) is 28.5 Å². The lowest BCUT2D eigenvalue weighted by Crippen LogP contribution is -2.33. The molecule has 0 saturated carbocycles. The number of rotatable bonds is 5. The van der Waals surface area contributed by atoms with E-state index in [1.807, 2.05) is 12.1 Å². The van der Waals surface area contributed by atoms with Crippen LogP contribution >= 0.6 is 50.7 Å². The highest BCUT2D eigenvalue weighted by Crippen LogP contribution is 2.42. The van der Waals surface area contributed by atoms with Crippen molar-refractivity contribution in [1.29, 1.82) is 0 Å². The summed E-state index contributed by atoms with van der Waals surface area (Å²) >= 11 is 21.1. The number of hydrogen-bond donors (Lipinski definition) is 1. The van der Waals surface area contributed by atoms with E-state index in [1.54, 1.807) is 0 Å². The third kappa shape index (κ3) is 5.58. The molecule has 0 aliphatic rings. The molecular formula is C16H22BrCl3O. The summed E-state index contributed by atoms with van der Waals surface area (Å²) in [4.78, 5) is 0. The lowest BCUT2D eigenvalue weighted by molar-refractivity contribution is 0.0554. The molecule has 1 aromatic rings. The maximum absolute atomic E-state index is 10.9. The summed E-state index contributed by atoms with van der Waals surface area (Å²) in [5, 5.41) is 11.3. The van der Waals surface area contributed by atoms with Crippen molar-refractivity contribution in [1.82, 2.24) is 0 Å². The zero-order chi connectivity index (χ0) is 16.4. The number of benzene rings is 1. The third-order valence-corrected chi connectivity index (χ3v) is 4.89. The fourth-order valence-corrected chi connectivity index (χ4v) is 3.36. The second-order valence-corrected chi connectivity index (χ2v) is 9.23. The Balaban J connectivity index is 3.37. The Labute approximate surface area is 151 Å². The minimum absolute atomic E-state index is 0.0367. The molecule has 0 bridgehead atoms. The molecule has 1 nitrogen and oxygen atoms in total. The second kappa shape index (κ2) is 7.40. The Morgan fingerprint density at radius 3 is 1.71 bits per heavy atom. The molecule has 1 atom stereocenters. The average molecular weight is 417 g/mol. The molecule has 1 N–H and O–H groups in total. The first-order valence-electron chi connectivity index (χ1n) is 6.99. The van der Waals surface area contributed by atoms with Gasteiger partial charge in [0.05, 0.1) is 0 Å². The van der Waals surface area contributed by atoms with Gasteiger partial charge in [-0.15, -0.1) is 0 Å². The molecule has 0 aromatic heterocycles. The van der Waals surface area contributed by atoms with Gasteiger partial charge in [0.25, 0.3) is 0 Å². The van der Waals surface area contributed by atoms with Crippen molar-refractivity contribution in [2.24, 2.45) is 0 Å². The molecule has 1 rings (SSSR count). The van der Waals surface area contributed by atoms with Crippen LogP contribution < -0.4 is 0 Å².